The van der Waals surface area contributed by atoms with E-state index < -0.39 is 0 Å². The van der Waals surface area contributed by atoms with Crippen molar-refractivity contribution in [1.82, 2.24) is 29.5 Å². The molecule has 1 fully saturated rings. The molecule has 0 amide bonds. The first-order chi connectivity index (χ1) is 11.3. The summed E-state index contributed by atoms with van der Waals surface area (Å²) in [4.78, 5) is 19.1. The van der Waals surface area contributed by atoms with Gasteiger partial charge in [-0.05, 0) is 25.8 Å². The Bertz CT molecular complexity index is 792. The lowest BCUT2D eigenvalue weighted by molar-refractivity contribution is 0.519. The van der Waals surface area contributed by atoms with E-state index in [0.29, 0.717) is 11.8 Å². The third kappa shape index (κ3) is 2.79. The van der Waals surface area contributed by atoms with Gasteiger partial charge in [0.2, 0.25) is 0 Å². The molecule has 0 aliphatic carbocycles. The Kier molecular flexibility index (Phi) is 3.49. The summed E-state index contributed by atoms with van der Waals surface area (Å²) in [5.74, 6) is 2.60. The van der Waals surface area contributed by atoms with E-state index in [1.807, 2.05) is 17.5 Å². The van der Waals surface area contributed by atoms with Crippen molar-refractivity contribution < 1.29 is 0 Å². The molecule has 3 aromatic rings. The Balaban J connectivity index is 1.47. The van der Waals surface area contributed by atoms with E-state index in [4.69, 9.17) is 0 Å². The van der Waals surface area contributed by atoms with Crippen LogP contribution in [0, 0.1) is 6.92 Å². The Labute approximate surface area is 133 Å². The molecule has 23 heavy (non-hydrogen) atoms. The van der Waals surface area contributed by atoms with Crippen LogP contribution in [0.1, 0.15) is 18.5 Å². The smallest absolute Gasteiger partial charge is 0.254 e. The molecule has 0 saturated carbocycles. The molecule has 0 aromatic carbocycles. The highest BCUT2D eigenvalue weighted by Crippen LogP contribution is 2.22. The highest BCUT2D eigenvalue weighted by atomic mass is 15.4. The molecule has 0 radical (unpaired) electrons. The second kappa shape index (κ2) is 5.79. The number of hydrogen-bond acceptors (Lipinski definition) is 7. The Hall–Kier alpha value is -2.77. The minimum Gasteiger partial charge on any atom is -0.367 e. The number of anilines is 2. The van der Waals surface area contributed by atoms with Gasteiger partial charge in [-0.3, -0.25) is 0 Å². The fourth-order valence-electron chi connectivity index (χ4n) is 2.97. The average molecular weight is 310 g/mol. The summed E-state index contributed by atoms with van der Waals surface area (Å²) in [6.45, 7) is 3.91. The number of rotatable bonds is 3. The predicted molar refractivity (Wildman–Crippen MR) is 86.4 cm³/mol. The second-order valence-electron chi connectivity index (χ2n) is 5.73. The zero-order valence-electron chi connectivity index (χ0n) is 12.9. The predicted octanol–water partition coefficient (Wildman–Crippen LogP) is 1.30. The molecule has 4 heterocycles. The third-order valence-corrected chi connectivity index (χ3v) is 4.11. The molecular weight excluding hydrogens is 292 g/mol. The maximum Gasteiger partial charge on any atom is 0.254 e. The number of piperidine rings is 1. The van der Waals surface area contributed by atoms with Gasteiger partial charge in [-0.2, -0.15) is 14.6 Å². The van der Waals surface area contributed by atoms with E-state index in [0.717, 1.165) is 43.3 Å². The van der Waals surface area contributed by atoms with E-state index in [1.54, 1.807) is 18.9 Å². The zero-order chi connectivity index (χ0) is 15.6. The van der Waals surface area contributed by atoms with Crippen molar-refractivity contribution in [3.05, 3.63) is 36.7 Å². The monoisotopic (exact) mass is 310 g/mol. The first kappa shape index (κ1) is 13.9. The van der Waals surface area contributed by atoms with Gasteiger partial charge in [0, 0.05) is 37.1 Å². The SMILES string of the molecule is Cc1cc(N2CCC(Nc3ccncn3)CC2)n2ncnc2n1. The summed E-state index contributed by atoms with van der Waals surface area (Å²) in [5, 5.41) is 7.76. The van der Waals surface area contributed by atoms with Crippen LogP contribution >= 0.6 is 0 Å². The van der Waals surface area contributed by atoms with Gasteiger partial charge >= 0.3 is 0 Å². The highest BCUT2D eigenvalue weighted by Gasteiger charge is 2.22. The fraction of sp³-hybridized carbons (Fsp3) is 0.400. The van der Waals surface area contributed by atoms with Crippen LogP contribution in [0.4, 0.5) is 11.6 Å². The molecule has 1 aliphatic rings. The molecule has 0 spiro atoms. The van der Waals surface area contributed by atoms with Crippen LogP contribution in [0.25, 0.3) is 5.78 Å². The van der Waals surface area contributed by atoms with Crippen molar-refractivity contribution in [1.29, 1.82) is 0 Å². The number of nitrogens with one attached hydrogen (secondary N) is 1. The number of aryl methyl sites for hydroxylation is 1. The van der Waals surface area contributed by atoms with Crippen molar-refractivity contribution in [3.63, 3.8) is 0 Å². The largest absolute Gasteiger partial charge is 0.367 e. The van der Waals surface area contributed by atoms with Crippen LogP contribution in [-0.2, 0) is 0 Å². The Morgan fingerprint density at radius 3 is 2.83 bits per heavy atom. The summed E-state index contributed by atoms with van der Waals surface area (Å²) in [7, 11) is 0. The Morgan fingerprint density at radius 2 is 2.04 bits per heavy atom. The van der Waals surface area contributed by atoms with Gasteiger partial charge in [0.25, 0.3) is 5.78 Å². The van der Waals surface area contributed by atoms with Crippen LogP contribution in [0.2, 0.25) is 0 Å². The number of aromatic nitrogens is 6. The summed E-state index contributed by atoms with van der Waals surface area (Å²) >= 11 is 0. The van der Waals surface area contributed by atoms with Gasteiger partial charge < -0.3 is 10.2 Å². The van der Waals surface area contributed by atoms with E-state index in [2.05, 4.69) is 41.3 Å². The van der Waals surface area contributed by atoms with Gasteiger partial charge in [-0.25, -0.2) is 15.0 Å². The van der Waals surface area contributed by atoms with Crippen molar-refractivity contribution in [2.75, 3.05) is 23.3 Å². The van der Waals surface area contributed by atoms with Gasteiger partial charge in [-0.15, -0.1) is 0 Å². The molecule has 0 atom stereocenters. The molecule has 1 N–H and O–H groups in total. The van der Waals surface area contributed by atoms with Crippen LogP contribution < -0.4 is 10.2 Å². The molecule has 0 unspecified atom stereocenters. The van der Waals surface area contributed by atoms with Gasteiger partial charge in [0.05, 0.1) is 0 Å². The normalized spacial score (nSPS) is 16.0. The molecule has 118 valence electrons. The number of hydrogen-bond donors (Lipinski definition) is 1. The maximum absolute atomic E-state index is 4.40. The van der Waals surface area contributed by atoms with E-state index in [1.165, 1.54) is 0 Å². The maximum atomic E-state index is 4.40. The first-order valence-electron chi connectivity index (χ1n) is 7.74. The van der Waals surface area contributed by atoms with E-state index >= 15 is 0 Å². The second-order valence-corrected chi connectivity index (χ2v) is 5.73. The average Bonchev–Trinajstić information content (AvgIpc) is 3.04. The minimum atomic E-state index is 0.426. The Morgan fingerprint density at radius 1 is 1.17 bits per heavy atom. The van der Waals surface area contributed by atoms with Crippen LogP contribution in [-0.4, -0.2) is 48.7 Å². The lowest BCUT2D eigenvalue weighted by Crippen LogP contribution is -2.40. The third-order valence-electron chi connectivity index (χ3n) is 4.11. The van der Waals surface area contributed by atoms with E-state index in [-0.39, 0.29) is 0 Å². The molecule has 1 aliphatic heterocycles. The van der Waals surface area contributed by atoms with Crippen LogP contribution in [0.5, 0.6) is 0 Å². The molecule has 8 heteroatoms. The van der Waals surface area contributed by atoms with Gasteiger partial charge in [0.15, 0.2) is 0 Å². The topological polar surface area (TPSA) is 84.1 Å². The van der Waals surface area contributed by atoms with E-state index in [9.17, 15) is 0 Å². The number of fused-ring (bicyclic) bond motifs is 1. The molecule has 3 aromatic heterocycles. The van der Waals surface area contributed by atoms with Crippen molar-refractivity contribution >= 4 is 17.4 Å². The van der Waals surface area contributed by atoms with Crippen LogP contribution in [0.15, 0.2) is 31.0 Å². The standard InChI is InChI=1S/C15H18N8/c1-11-8-14(23-15(20-11)18-10-19-23)22-6-3-12(4-7-22)21-13-2-5-16-9-17-13/h2,5,8-10,12H,3-4,6-7H2,1H3,(H,16,17,21). The zero-order valence-corrected chi connectivity index (χ0v) is 12.9. The molecule has 1 saturated heterocycles. The fourth-order valence-corrected chi connectivity index (χ4v) is 2.97. The summed E-state index contributed by atoms with van der Waals surface area (Å²) in [6.07, 6.45) is 6.96. The molecule has 4 rings (SSSR count). The van der Waals surface area contributed by atoms with Crippen molar-refractivity contribution in [2.45, 2.75) is 25.8 Å². The summed E-state index contributed by atoms with van der Waals surface area (Å²) in [5.41, 5.74) is 0.960. The van der Waals surface area contributed by atoms with Gasteiger partial charge in [0.1, 0.15) is 24.3 Å². The minimum absolute atomic E-state index is 0.426. The lowest BCUT2D eigenvalue weighted by Gasteiger charge is -2.34. The highest BCUT2D eigenvalue weighted by molar-refractivity contribution is 5.47. The molecular formula is C15H18N8. The van der Waals surface area contributed by atoms with Gasteiger partial charge in [-0.1, -0.05) is 0 Å². The van der Waals surface area contributed by atoms with Crippen molar-refractivity contribution in [3.8, 4) is 0 Å². The quantitative estimate of drug-likeness (QED) is 0.780. The first-order valence-corrected chi connectivity index (χ1v) is 7.74. The lowest BCUT2D eigenvalue weighted by atomic mass is 10.1. The number of nitrogens with zero attached hydrogens (tertiary/aromatic N) is 7. The summed E-state index contributed by atoms with van der Waals surface area (Å²) < 4.78 is 1.81. The molecule has 0 bridgehead atoms. The summed E-state index contributed by atoms with van der Waals surface area (Å²) in [6, 6.07) is 4.40. The van der Waals surface area contributed by atoms with Crippen LogP contribution in [0.3, 0.4) is 0 Å². The van der Waals surface area contributed by atoms with Crippen molar-refractivity contribution in [2.24, 2.45) is 0 Å². The molecule has 8 nitrogen and oxygen atoms in total.